The summed E-state index contributed by atoms with van der Waals surface area (Å²) in [5.41, 5.74) is 10.5. The van der Waals surface area contributed by atoms with Crippen LogP contribution in [0.5, 0.6) is 0 Å². The molecule has 3 atom stereocenters. The lowest BCUT2D eigenvalue weighted by Gasteiger charge is -2.24. The number of likely N-dealkylation sites (tertiary alicyclic amines) is 1. The van der Waals surface area contributed by atoms with Crippen LogP contribution in [0.15, 0.2) is 0 Å². The molecule has 1 rings (SSSR count). The lowest BCUT2D eigenvalue weighted by molar-refractivity contribution is -0.143. The number of aliphatic hydroxyl groups excluding tert-OH is 1. The van der Waals surface area contributed by atoms with E-state index in [9.17, 15) is 19.5 Å². The average molecular weight is 245 g/mol. The maximum absolute atomic E-state index is 11.8. The van der Waals surface area contributed by atoms with Crippen molar-refractivity contribution < 1.29 is 24.6 Å². The lowest BCUT2D eigenvalue weighted by atomic mass is 10.1. The number of carboxylic acids is 1. The Morgan fingerprint density at radius 2 is 2.00 bits per heavy atom. The van der Waals surface area contributed by atoms with Gasteiger partial charge in [0.15, 0.2) is 0 Å². The molecule has 1 heterocycles. The molecule has 1 aliphatic heterocycles. The molecule has 0 bridgehead atoms. The molecule has 0 aromatic rings. The second kappa shape index (κ2) is 5.11. The summed E-state index contributed by atoms with van der Waals surface area (Å²) in [6.45, 7) is -0.0558. The van der Waals surface area contributed by atoms with E-state index in [1.54, 1.807) is 0 Å². The molecule has 6 N–H and O–H groups in total. The molecule has 8 nitrogen and oxygen atoms in total. The number of rotatable bonds is 4. The van der Waals surface area contributed by atoms with Crippen molar-refractivity contribution >= 4 is 17.8 Å². The van der Waals surface area contributed by atoms with Crippen LogP contribution in [0.3, 0.4) is 0 Å². The third-order valence-electron chi connectivity index (χ3n) is 2.60. The Morgan fingerprint density at radius 1 is 1.41 bits per heavy atom. The summed E-state index contributed by atoms with van der Waals surface area (Å²) in [7, 11) is 0. The number of aliphatic carboxylic acids is 1. The molecule has 0 aromatic carbocycles. The van der Waals surface area contributed by atoms with Crippen LogP contribution in [-0.2, 0) is 14.4 Å². The summed E-state index contributed by atoms with van der Waals surface area (Å²) in [5, 5.41) is 17.9. The fourth-order valence-electron chi connectivity index (χ4n) is 1.82. The number of nitrogens with two attached hydrogens (primary N) is 2. The van der Waals surface area contributed by atoms with Crippen molar-refractivity contribution in [3.8, 4) is 0 Å². The van der Waals surface area contributed by atoms with E-state index in [1.807, 2.05) is 0 Å². The zero-order valence-corrected chi connectivity index (χ0v) is 9.07. The Hall–Kier alpha value is -1.67. The van der Waals surface area contributed by atoms with E-state index in [4.69, 9.17) is 16.6 Å². The quantitative estimate of drug-likeness (QED) is 0.421. The van der Waals surface area contributed by atoms with Gasteiger partial charge in [-0.2, -0.15) is 0 Å². The molecule has 1 aliphatic rings. The van der Waals surface area contributed by atoms with E-state index < -0.39 is 42.4 Å². The number of amides is 2. The van der Waals surface area contributed by atoms with Gasteiger partial charge in [-0.15, -0.1) is 0 Å². The van der Waals surface area contributed by atoms with Gasteiger partial charge in [0.2, 0.25) is 11.8 Å². The van der Waals surface area contributed by atoms with Gasteiger partial charge in [0, 0.05) is 13.0 Å². The Morgan fingerprint density at radius 3 is 2.47 bits per heavy atom. The number of β-amino-alcohol motifs (C(OH)–C–C–N with tert-alkyl or cyclic N) is 1. The molecule has 0 radical (unpaired) electrons. The number of aliphatic hydroxyl groups is 1. The van der Waals surface area contributed by atoms with Gasteiger partial charge in [-0.1, -0.05) is 0 Å². The fraction of sp³-hybridized carbons (Fsp3) is 0.667. The van der Waals surface area contributed by atoms with Gasteiger partial charge < -0.3 is 26.6 Å². The SMILES string of the molecule is NC(=O)C1CC(O)CN1C(=O)C(N)CC(=O)O. The summed E-state index contributed by atoms with van der Waals surface area (Å²) in [4.78, 5) is 34.3. The van der Waals surface area contributed by atoms with E-state index in [0.717, 1.165) is 4.90 Å². The van der Waals surface area contributed by atoms with Crippen LogP contribution in [0, 0.1) is 0 Å². The first-order chi connectivity index (χ1) is 7.82. The highest BCUT2D eigenvalue weighted by Crippen LogP contribution is 2.18. The summed E-state index contributed by atoms with van der Waals surface area (Å²) in [5.74, 6) is -2.63. The zero-order chi connectivity index (χ0) is 13.2. The van der Waals surface area contributed by atoms with Gasteiger partial charge in [-0.05, 0) is 0 Å². The van der Waals surface area contributed by atoms with Crippen molar-refractivity contribution in [1.82, 2.24) is 4.90 Å². The summed E-state index contributed by atoms with van der Waals surface area (Å²) in [6, 6.07) is -2.16. The Labute approximate surface area is 97.2 Å². The van der Waals surface area contributed by atoms with Crippen molar-refractivity contribution in [2.75, 3.05) is 6.54 Å². The molecule has 3 unspecified atom stereocenters. The van der Waals surface area contributed by atoms with Crippen LogP contribution in [-0.4, -0.2) is 57.6 Å². The first-order valence-corrected chi connectivity index (χ1v) is 5.08. The minimum Gasteiger partial charge on any atom is -0.481 e. The number of carboxylic acid groups (broad SMARTS) is 1. The molecule has 96 valence electrons. The summed E-state index contributed by atoms with van der Waals surface area (Å²) in [6.07, 6.45) is -1.31. The summed E-state index contributed by atoms with van der Waals surface area (Å²) < 4.78 is 0. The fourth-order valence-corrected chi connectivity index (χ4v) is 1.82. The maximum Gasteiger partial charge on any atom is 0.305 e. The first kappa shape index (κ1) is 13.4. The van der Waals surface area contributed by atoms with Crippen LogP contribution in [0.4, 0.5) is 0 Å². The van der Waals surface area contributed by atoms with Crippen LogP contribution in [0.2, 0.25) is 0 Å². The average Bonchev–Trinajstić information content (AvgIpc) is 2.58. The molecule has 8 heteroatoms. The molecule has 17 heavy (non-hydrogen) atoms. The second-order valence-corrected chi connectivity index (χ2v) is 4.00. The predicted octanol–water partition coefficient (Wildman–Crippen LogP) is -2.76. The Balaban J connectivity index is 2.73. The van der Waals surface area contributed by atoms with Gasteiger partial charge in [0.1, 0.15) is 6.04 Å². The normalized spacial score (nSPS) is 25.6. The van der Waals surface area contributed by atoms with Gasteiger partial charge >= 0.3 is 5.97 Å². The maximum atomic E-state index is 11.8. The van der Waals surface area contributed by atoms with Crippen molar-refractivity contribution in [2.45, 2.75) is 31.0 Å². The highest BCUT2D eigenvalue weighted by atomic mass is 16.4. The van der Waals surface area contributed by atoms with Crippen molar-refractivity contribution in [3.63, 3.8) is 0 Å². The van der Waals surface area contributed by atoms with Gasteiger partial charge in [-0.25, -0.2) is 0 Å². The number of carbonyl (C=O) groups is 3. The van der Waals surface area contributed by atoms with E-state index in [1.165, 1.54) is 0 Å². The molecule has 0 spiro atoms. The highest BCUT2D eigenvalue weighted by Gasteiger charge is 2.39. The van der Waals surface area contributed by atoms with Crippen molar-refractivity contribution in [1.29, 1.82) is 0 Å². The van der Waals surface area contributed by atoms with Crippen molar-refractivity contribution in [2.24, 2.45) is 11.5 Å². The second-order valence-electron chi connectivity index (χ2n) is 4.00. The van der Waals surface area contributed by atoms with Gasteiger partial charge in [0.25, 0.3) is 0 Å². The minimum atomic E-state index is -1.24. The molecular formula is C9H15N3O5. The van der Waals surface area contributed by atoms with E-state index in [-0.39, 0.29) is 13.0 Å². The van der Waals surface area contributed by atoms with E-state index in [0.29, 0.717) is 0 Å². The highest BCUT2D eigenvalue weighted by molar-refractivity contribution is 5.91. The Bertz CT molecular complexity index is 346. The monoisotopic (exact) mass is 245 g/mol. The predicted molar refractivity (Wildman–Crippen MR) is 55.5 cm³/mol. The smallest absolute Gasteiger partial charge is 0.305 e. The van der Waals surface area contributed by atoms with E-state index >= 15 is 0 Å². The number of nitrogens with zero attached hydrogens (tertiary/aromatic N) is 1. The molecule has 0 aliphatic carbocycles. The molecular weight excluding hydrogens is 230 g/mol. The molecule has 1 fully saturated rings. The van der Waals surface area contributed by atoms with Crippen LogP contribution < -0.4 is 11.5 Å². The standard InChI is InChI=1S/C9H15N3O5/c10-5(2-7(14)15)9(17)12-3-4(13)1-6(12)8(11)16/h4-6,13H,1-3,10H2,(H2,11,16)(H,14,15). The molecule has 2 amide bonds. The van der Waals surface area contributed by atoms with Crippen LogP contribution in [0.1, 0.15) is 12.8 Å². The third kappa shape index (κ3) is 3.14. The molecule has 1 saturated heterocycles. The number of hydrogen-bond donors (Lipinski definition) is 4. The van der Waals surface area contributed by atoms with E-state index in [2.05, 4.69) is 0 Å². The minimum absolute atomic E-state index is 0.0558. The molecule has 0 aromatic heterocycles. The number of primary amides is 1. The molecule has 0 saturated carbocycles. The summed E-state index contributed by atoms with van der Waals surface area (Å²) >= 11 is 0. The Kier molecular flexibility index (Phi) is 4.02. The number of hydrogen-bond acceptors (Lipinski definition) is 5. The van der Waals surface area contributed by atoms with Gasteiger partial charge in [-0.3, -0.25) is 14.4 Å². The van der Waals surface area contributed by atoms with Crippen LogP contribution >= 0.6 is 0 Å². The third-order valence-corrected chi connectivity index (χ3v) is 2.60. The van der Waals surface area contributed by atoms with Crippen molar-refractivity contribution in [3.05, 3.63) is 0 Å². The zero-order valence-electron chi connectivity index (χ0n) is 9.07. The van der Waals surface area contributed by atoms with Crippen LogP contribution in [0.25, 0.3) is 0 Å². The lowest BCUT2D eigenvalue weighted by Crippen LogP contribution is -2.50. The first-order valence-electron chi connectivity index (χ1n) is 5.08. The van der Waals surface area contributed by atoms with Gasteiger partial charge in [0.05, 0.1) is 18.6 Å². The topological polar surface area (TPSA) is 147 Å². The largest absolute Gasteiger partial charge is 0.481 e. The number of carbonyl (C=O) groups excluding carboxylic acids is 2.